The van der Waals surface area contributed by atoms with Gasteiger partial charge in [-0.2, -0.15) is 0 Å². The molecule has 0 bridgehead atoms. The number of rotatable bonds is 9. The minimum absolute atomic E-state index is 0.00490. The predicted molar refractivity (Wildman–Crippen MR) is 133 cm³/mol. The van der Waals surface area contributed by atoms with Crippen molar-refractivity contribution in [2.75, 3.05) is 19.7 Å². The Kier molecular flexibility index (Phi) is 7.73. The molecule has 7 nitrogen and oxygen atoms in total. The standard InChI is InChI=1S/C28H34N2O5/c1-18(2)15-30(16-27(32)33)26(31)14-19-8-7-13-25(19)29-28(34)35-17-24-22-11-5-3-9-20(22)21-10-4-6-12-23(21)24/h3-6,9-12,18-19,24-25H,7-8,13-17H2,1-2H3,(H,29,34)(H,32,33). The highest BCUT2D eigenvalue weighted by atomic mass is 16.5. The number of alkyl carbamates (subject to hydrolysis) is 1. The molecule has 0 saturated heterocycles. The van der Waals surface area contributed by atoms with Crippen LogP contribution in [0, 0.1) is 11.8 Å². The molecule has 7 heteroatoms. The van der Waals surface area contributed by atoms with Crippen LogP contribution in [0.5, 0.6) is 0 Å². The van der Waals surface area contributed by atoms with E-state index in [1.165, 1.54) is 16.0 Å². The highest BCUT2D eigenvalue weighted by Gasteiger charge is 2.33. The van der Waals surface area contributed by atoms with Gasteiger partial charge in [-0.3, -0.25) is 9.59 Å². The van der Waals surface area contributed by atoms with Crippen molar-refractivity contribution in [3.8, 4) is 11.1 Å². The summed E-state index contributed by atoms with van der Waals surface area (Å²) in [5.41, 5.74) is 4.68. The third-order valence-corrected chi connectivity index (χ3v) is 7.01. The number of carboxylic acid groups (broad SMARTS) is 1. The second-order valence-corrected chi connectivity index (χ2v) is 10.0. The Hall–Kier alpha value is -3.35. The maximum Gasteiger partial charge on any atom is 0.407 e. The number of hydrogen-bond acceptors (Lipinski definition) is 4. The molecule has 0 aromatic heterocycles. The minimum atomic E-state index is -1.02. The lowest BCUT2D eigenvalue weighted by Gasteiger charge is -2.26. The molecule has 1 fully saturated rings. The van der Waals surface area contributed by atoms with E-state index in [9.17, 15) is 19.5 Å². The van der Waals surface area contributed by atoms with Crippen LogP contribution in [-0.4, -0.2) is 53.7 Å². The first kappa shape index (κ1) is 24.8. The molecule has 2 aliphatic rings. The Labute approximate surface area is 206 Å². The average molecular weight is 479 g/mol. The number of fused-ring (bicyclic) bond motifs is 3. The molecular formula is C28H34N2O5. The molecule has 2 aliphatic carbocycles. The Morgan fingerprint density at radius 3 is 2.26 bits per heavy atom. The Balaban J connectivity index is 1.34. The molecule has 2 atom stereocenters. The summed E-state index contributed by atoms with van der Waals surface area (Å²) in [4.78, 5) is 38.2. The molecule has 0 heterocycles. The SMILES string of the molecule is CC(C)CN(CC(=O)O)C(=O)CC1CCCC1NC(=O)OCC1c2ccccc2-c2ccccc21. The summed E-state index contributed by atoms with van der Waals surface area (Å²) >= 11 is 0. The lowest BCUT2D eigenvalue weighted by molar-refractivity contribution is -0.145. The molecule has 0 aliphatic heterocycles. The first-order chi connectivity index (χ1) is 16.8. The number of carbonyl (C=O) groups is 3. The molecule has 2 unspecified atom stereocenters. The van der Waals surface area contributed by atoms with Gasteiger partial charge in [-0.15, -0.1) is 0 Å². The van der Waals surface area contributed by atoms with Crippen molar-refractivity contribution >= 4 is 18.0 Å². The van der Waals surface area contributed by atoms with Crippen molar-refractivity contribution < 1.29 is 24.2 Å². The lowest BCUT2D eigenvalue weighted by atomic mass is 9.98. The van der Waals surface area contributed by atoms with E-state index in [-0.39, 0.29) is 49.3 Å². The molecule has 2 N–H and O–H groups in total. The molecule has 35 heavy (non-hydrogen) atoms. The first-order valence-electron chi connectivity index (χ1n) is 12.4. The maximum atomic E-state index is 12.9. The zero-order chi connectivity index (χ0) is 24.9. The molecule has 0 radical (unpaired) electrons. The monoisotopic (exact) mass is 478 g/mol. The molecule has 0 spiro atoms. The number of carbonyl (C=O) groups excluding carboxylic acids is 2. The van der Waals surface area contributed by atoms with Gasteiger partial charge in [0.05, 0.1) is 0 Å². The topological polar surface area (TPSA) is 95.9 Å². The van der Waals surface area contributed by atoms with Crippen molar-refractivity contribution in [3.63, 3.8) is 0 Å². The van der Waals surface area contributed by atoms with E-state index in [4.69, 9.17) is 4.74 Å². The van der Waals surface area contributed by atoms with Gasteiger partial charge in [0, 0.05) is 24.9 Å². The van der Waals surface area contributed by atoms with E-state index in [1.54, 1.807) is 0 Å². The molecule has 4 rings (SSSR count). The second-order valence-electron chi connectivity index (χ2n) is 10.0. The molecule has 2 aromatic carbocycles. The second kappa shape index (κ2) is 10.9. The smallest absolute Gasteiger partial charge is 0.407 e. The largest absolute Gasteiger partial charge is 0.480 e. The van der Waals surface area contributed by atoms with Crippen LogP contribution in [-0.2, 0) is 14.3 Å². The van der Waals surface area contributed by atoms with Gasteiger partial charge >= 0.3 is 12.1 Å². The average Bonchev–Trinajstić information content (AvgIpc) is 3.38. The zero-order valence-electron chi connectivity index (χ0n) is 20.4. The summed E-state index contributed by atoms with van der Waals surface area (Å²) in [5.74, 6) is -1.04. The Morgan fingerprint density at radius 2 is 1.66 bits per heavy atom. The van der Waals surface area contributed by atoms with Crippen LogP contribution in [0.4, 0.5) is 4.79 Å². The van der Waals surface area contributed by atoms with Crippen LogP contribution in [0.15, 0.2) is 48.5 Å². The van der Waals surface area contributed by atoms with Gasteiger partial charge in [0.25, 0.3) is 0 Å². The third-order valence-electron chi connectivity index (χ3n) is 7.01. The van der Waals surface area contributed by atoms with Gasteiger partial charge in [-0.1, -0.05) is 68.8 Å². The van der Waals surface area contributed by atoms with Gasteiger partial charge in [0.2, 0.25) is 5.91 Å². The lowest BCUT2D eigenvalue weighted by Crippen LogP contribution is -2.42. The summed E-state index contributed by atoms with van der Waals surface area (Å²) in [6.45, 7) is 4.27. The summed E-state index contributed by atoms with van der Waals surface area (Å²) in [7, 11) is 0. The number of benzene rings is 2. The van der Waals surface area contributed by atoms with Gasteiger partial charge in [0.1, 0.15) is 13.2 Å². The van der Waals surface area contributed by atoms with Crippen molar-refractivity contribution in [2.45, 2.75) is 51.5 Å². The molecule has 2 aromatic rings. The zero-order valence-corrected chi connectivity index (χ0v) is 20.4. The van der Waals surface area contributed by atoms with Gasteiger partial charge in [-0.25, -0.2) is 4.79 Å². The summed E-state index contributed by atoms with van der Waals surface area (Å²) in [6, 6.07) is 16.3. The summed E-state index contributed by atoms with van der Waals surface area (Å²) in [5, 5.41) is 12.2. The fourth-order valence-electron chi connectivity index (χ4n) is 5.47. The first-order valence-corrected chi connectivity index (χ1v) is 12.4. The van der Waals surface area contributed by atoms with Gasteiger partial charge < -0.3 is 20.1 Å². The summed E-state index contributed by atoms with van der Waals surface area (Å²) in [6.07, 6.45) is 2.28. The van der Waals surface area contributed by atoms with Crippen LogP contribution in [0.1, 0.15) is 56.6 Å². The number of nitrogens with one attached hydrogen (secondary N) is 1. The van der Waals surface area contributed by atoms with Crippen molar-refractivity contribution in [2.24, 2.45) is 11.8 Å². The van der Waals surface area contributed by atoms with Crippen molar-refractivity contribution in [3.05, 3.63) is 59.7 Å². The quantitative estimate of drug-likeness (QED) is 0.547. The van der Waals surface area contributed by atoms with Crippen LogP contribution in [0.25, 0.3) is 11.1 Å². The van der Waals surface area contributed by atoms with Crippen LogP contribution in [0.2, 0.25) is 0 Å². The molecular weight excluding hydrogens is 444 g/mol. The fraction of sp³-hybridized carbons (Fsp3) is 0.464. The van der Waals surface area contributed by atoms with Crippen LogP contribution < -0.4 is 5.32 Å². The Bertz CT molecular complexity index is 1040. The van der Waals surface area contributed by atoms with E-state index >= 15 is 0 Å². The number of amides is 2. The van der Waals surface area contributed by atoms with Gasteiger partial charge in [-0.05, 0) is 46.9 Å². The fourth-order valence-corrected chi connectivity index (χ4v) is 5.47. The maximum absolute atomic E-state index is 12.9. The third kappa shape index (κ3) is 5.84. The normalized spacial score (nSPS) is 18.7. The van der Waals surface area contributed by atoms with Crippen LogP contribution in [0.3, 0.4) is 0 Å². The Morgan fingerprint density at radius 1 is 1.03 bits per heavy atom. The number of carboxylic acids is 1. The highest BCUT2D eigenvalue weighted by molar-refractivity contribution is 5.82. The minimum Gasteiger partial charge on any atom is -0.480 e. The van der Waals surface area contributed by atoms with E-state index in [2.05, 4.69) is 29.6 Å². The number of hydrogen-bond donors (Lipinski definition) is 2. The summed E-state index contributed by atoms with van der Waals surface area (Å²) < 4.78 is 5.68. The molecule has 2 amide bonds. The predicted octanol–water partition coefficient (Wildman–Crippen LogP) is 4.65. The van der Waals surface area contributed by atoms with E-state index in [1.807, 2.05) is 38.1 Å². The van der Waals surface area contributed by atoms with Crippen molar-refractivity contribution in [1.82, 2.24) is 10.2 Å². The van der Waals surface area contributed by atoms with Crippen LogP contribution >= 0.6 is 0 Å². The van der Waals surface area contributed by atoms with E-state index in [0.717, 1.165) is 30.4 Å². The van der Waals surface area contributed by atoms with Gasteiger partial charge in [0.15, 0.2) is 0 Å². The van der Waals surface area contributed by atoms with E-state index in [0.29, 0.717) is 6.54 Å². The van der Waals surface area contributed by atoms with Crippen molar-refractivity contribution in [1.29, 1.82) is 0 Å². The number of aliphatic carboxylic acids is 1. The number of ether oxygens (including phenoxy) is 1. The molecule has 1 saturated carbocycles. The number of nitrogens with zero attached hydrogens (tertiary/aromatic N) is 1. The van der Waals surface area contributed by atoms with E-state index < -0.39 is 12.1 Å². The highest BCUT2D eigenvalue weighted by Crippen LogP contribution is 2.44. The molecule has 186 valence electrons.